The number of anilines is 1. The lowest BCUT2D eigenvalue weighted by Crippen LogP contribution is -2.41. The van der Waals surface area contributed by atoms with Gasteiger partial charge in [0.1, 0.15) is 6.54 Å². The number of carbonyl (C=O) groups excluding carboxylic acids is 2. The largest absolute Gasteiger partial charge is 0.455 e. The third kappa shape index (κ3) is 7.07. The second kappa shape index (κ2) is 11.6. The van der Waals surface area contributed by atoms with Crippen molar-refractivity contribution >= 4 is 29.1 Å². The molecule has 42 heavy (non-hydrogen) atoms. The number of pyridine rings is 1. The van der Waals surface area contributed by atoms with Crippen molar-refractivity contribution in [2.75, 3.05) is 5.32 Å². The highest BCUT2D eigenvalue weighted by Crippen LogP contribution is 2.26. The maximum absolute atomic E-state index is 13.3. The summed E-state index contributed by atoms with van der Waals surface area (Å²) in [5.74, 6) is -2.26. The Morgan fingerprint density at radius 3 is 2.50 bits per heavy atom. The van der Waals surface area contributed by atoms with Crippen LogP contribution in [0.15, 0.2) is 36.5 Å². The van der Waals surface area contributed by atoms with Gasteiger partial charge in [0.05, 0.1) is 45.7 Å². The zero-order valence-corrected chi connectivity index (χ0v) is 23.5. The van der Waals surface area contributed by atoms with Crippen molar-refractivity contribution < 1.29 is 22.8 Å². The number of aromatic nitrogens is 7. The minimum atomic E-state index is -4.77. The molecule has 0 aliphatic carbocycles. The maximum Gasteiger partial charge on any atom is 0.455 e. The Bertz CT molecular complexity index is 1700. The van der Waals surface area contributed by atoms with Gasteiger partial charge in [-0.2, -0.15) is 28.3 Å². The van der Waals surface area contributed by atoms with Gasteiger partial charge in [-0.1, -0.05) is 11.6 Å². The molecule has 2 amide bonds. The number of amides is 2. The summed E-state index contributed by atoms with van der Waals surface area (Å²) < 4.78 is 40.0. The average Bonchev–Trinajstić information content (AvgIpc) is 3.51. The molecule has 4 aromatic rings. The van der Waals surface area contributed by atoms with Crippen LogP contribution in [0.1, 0.15) is 59.5 Å². The Labute approximate surface area is 242 Å². The van der Waals surface area contributed by atoms with Gasteiger partial charge in [-0.3, -0.25) is 9.59 Å². The third-order valence-electron chi connectivity index (χ3n) is 5.59. The normalized spacial score (nSPS) is 11.7. The van der Waals surface area contributed by atoms with Crippen LogP contribution in [-0.2, 0) is 23.9 Å². The highest BCUT2D eigenvalue weighted by Gasteiger charge is 2.37. The molecule has 0 atom stereocenters. The zero-order chi connectivity index (χ0) is 30.8. The first-order chi connectivity index (χ1) is 19.6. The Hall–Kier alpha value is -4.84. The average molecular weight is 601 g/mol. The van der Waals surface area contributed by atoms with Crippen molar-refractivity contribution in [3.8, 4) is 11.9 Å². The highest BCUT2D eigenvalue weighted by atomic mass is 35.5. The first-order valence-corrected chi connectivity index (χ1v) is 12.7. The standard InChI is InChI=1S/C26H24ClF3N10O2/c1-14-8-15(12-31)9-18(23(42)34-25(2,3)4)21(14)33-20(41)11-17-10-16(13-39-37-24(35-38-39)26(28,29)30)36-40(17)22-19(27)6-5-7-32-22/h5-10H,11,13H2,1-4H3,(H,33,41)(H,34,42). The number of nitrogens with one attached hydrogen (secondary N) is 2. The van der Waals surface area contributed by atoms with Gasteiger partial charge >= 0.3 is 6.18 Å². The van der Waals surface area contributed by atoms with E-state index in [1.54, 1.807) is 45.9 Å². The fourth-order valence-corrected chi connectivity index (χ4v) is 4.12. The van der Waals surface area contributed by atoms with Crippen LogP contribution in [-0.4, -0.2) is 52.3 Å². The number of benzene rings is 1. The van der Waals surface area contributed by atoms with Crippen molar-refractivity contribution in [3.05, 3.63) is 75.5 Å². The summed E-state index contributed by atoms with van der Waals surface area (Å²) in [6, 6.07) is 9.56. The molecule has 0 radical (unpaired) electrons. The molecule has 0 spiro atoms. The summed E-state index contributed by atoms with van der Waals surface area (Å²) in [6.45, 7) is 6.75. The smallest absolute Gasteiger partial charge is 0.347 e. The van der Waals surface area contributed by atoms with E-state index in [2.05, 4.69) is 36.1 Å². The number of rotatable bonds is 7. The van der Waals surface area contributed by atoms with Gasteiger partial charge in [-0.05, 0) is 68.8 Å². The Morgan fingerprint density at radius 1 is 1.14 bits per heavy atom. The summed E-state index contributed by atoms with van der Waals surface area (Å²) >= 11 is 6.32. The number of aryl methyl sites for hydroxylation is 1. The Morgan fingerprint density at radius 2 is 1.88 bits per heavy atom. The van der Waals surface area contributed by atoms with Crippen molar-refractivity contribution in [3.63, 3.8) is 0 Å². The molecule has 0 saturated carbocycles. The van der Waals surface area contributed by atoms with E-state index in [9.17, 15) is 28.0 Å². The number of hydrogen-bond donors (Lipinski definition) is 2. The lowest BCUT2D eigenvalue weighted by molar-refractivity contribution is -0.145. The van der Waals surface area contributed by atoms with E-state index < -0.39 is 29.4 Å². The Balaban J connectivity index is 1.67. The van der Waals surface area contributed by atoms with Crippen LogP contribution in [0.2, 0.25) is 5.02 Å². The summed E-state index contributed by atoms with van der Waals surface area (Å²) in [5.41, 5.74) is 0.953. The highest BCUT2D eigenvalue weighted by molar-refractivity contribution is 6.32. The van der Waals surface area contributed by atoms with Crippen LogP contribution in [0.5, 0.6) is 0 Å². The molecule has 0 aliphatic rings. The number of halogens is 4. The van der Waals surface area contributed by atoms with Crippen molar-refractivity contribution in [2.24, 2.45) is 0 Å². The Kier molecular flexibility index (Phi) is 8.30. The van der Waals surface area contributed by atoms with Crippen LogP contribution >= 0.6 is 11.6 Å². The number of nitrogens with zero attached hydrogens (tertiary/aromatic N) is 8. The van der Waals surface area contributed by atoms with Crippen molar-refractivity contribution in [2.45, 2.75) is 52.4 Å². The summed E-state index contributed by atoms with van der Waals surface area (Å²) in [7, 11) is 0. The molecular weight excluding hydrogens is 577 g/mol. The van der Waals surface area contributed by atoms with Gasteiger partial charge < -0.3 is 10.6 Å². The van der Waals surface area contributed by atoms with Crippen molar-refractivity contribution in [1.29, 1.82) is 5.26 Å². The van der Waals surface area contributed by atoms with E-state index in [-0.39, 0.29) is 52.0 Å². The topological polar surface area (TPSA) is 156 Å². The second-order valence-corrected chi connectivity index (χ2v) is 10.7. The van der Waals surface area contributed by atoms with Gasteiger partial charge in [-0.25, -0.2) is 9.67 Å². The number of nitriles is 1. The first kappa shape index (κ1) is 30.1. The maximum atomic E-state index is 13.3. The van der Waals surface area contributed by atoms with Gasteiger partial charge in [0, 0.05) is 11.7 Å². The molecule has 2 N–H and O–H groups in total. The van der Waals surface area contributed by atoms with E-state index in [0.717, 1.165) is 4.80 Å². The number of hydrogen-bond acceptors (Lipinski definition) is 8. The summed E-state index contributed by atoms with van der Waals surface area (Å²) in [4.78, 5) is 31.3. The third-order valence-corrected chi connectivity index (χ3v) is 5.88. The van der Waals surface area contributed by atoms with Gasteiger partial charge in [0.15, 0.2) is 5.82 Å². The molecule has 3 aromatic heterocycles. The number of carbonyl (C=O) groups is 2. The van der Waals surface area contributed by atoms with Gasteiger partial charge in [-0.15, -0.1) is 10.2 Å². The van der Waals surface area contributed by atoms with Crippen LogP contribution in [0.3, 0.4) is 0 Å². The SMILES string of the molecule is Cc1cc(C#N)cc(C(=O)NC(C)(C)C)c1NC(=O)Cc1cc(Cn2nnc(C(F)(F)F)n2)nn1-c1ncccc1Cl. The molecule has 0 aliphatic heterocycles. The van der Waals surface area contributed by atoms with Crippen LogP contribution in [0.4, 0.5) is 18.9 Å². The molecule has 3 heterocycles. The van der Waals surface area contributed by atoms with Crippen LogP contribution in [0.25, 0.3) is 5.82 Å². The molecule has 16 heteroatoms. The lowest BCUT2D eigenvalue weighted by atomic mass is 10.0. The number of tetrazole rings is 1. The molecule has 0 fully saturated rings. The molecule has 1 aromatic carbocycles. The van der Waals surface area contributed by atoms with Crippen molar-refractivity contribution in [1.82, 2.24) is 40.3 Å². The van der Waals surface area contributed by atoms with E-state index in [1.807, 2.05) is 6.07 Å². The van der Waals surface area contributed by atoms with Gasteiger partial charge in [0.25, 0.3) is 11.7 Å². The predicted molar refractivity (Wildman–Crippen MR) is 144 cm³/mol. The molecule has 12 nitrogen and oxygen atoms in total. The first-order valence-electron chi connectivity index (χ1n) is 12.4. The molecule has 0 bridgehead atoms. The fraction of sp³-hybridized carbons (Fsp3) is 0.308. The monoisotopic (exact) mass is 600 g/mol. The quantitative estimate of drug-likeness (QED) is 0.324. The predicted octanol–water partition coefficient (Wildman–Crippen LogP) is 3.86. The van der Waals surface area contributed by atoms with Crippen LogP contribution < -0.4 is 10.6 Å². The van der Waals surface area contributed by atoms with E-state index in [1.165, 1.54) is 23.0 Å². The minimum absolute atomic E-state index is 0.106. The zero-order valence-electron chi connectivity index (χ0n) is 22.8. The van der Waals surface area contributed by atoms with Crippen LogP contribution in [0, 0.1) is 18.3 Å². The fourth-order valence-electron chi connectivity index (χ4n) is 3.92. The minimum Gasteiger partial charge on any atom is -0.347 e. The van der Waals surface area contributed by atoms with E-state index in [4.69, 9.17) is 11.6 Å². The van der Waals surface area contributed by atoms with E-state index in [0.29, 0.717) is 5.56 Å². The molecular formula is C26H24ClF3N10O2. The summed E-state index contributed by atoms with van der Waals surface area (Å²) in [5, 5.41) is 29.3. The number of alkyl halides is 3. The van der Waals surface area contributed by atoms with E-state index >= 15 is 0 Å². The summed E-state index contributed by atoms with van der Waals surface area (Å²) in [6.07, 6.45) is -3.60. The molecule has 0 saturated heterocycles. The second-order valence-electron chi connectivity index (χ2n) is 10.2. The molecule has 4 rings (SSSR count). The molecule has 0 unspecified atom stereocenters. The van der Waals surface area contributed by atoms with Gasteiger partial charge in [0.2, 0.25) is 5.91 Å². The lowest BCUT2D eigenvalue weighted by Gasteiger charge is -2.22. The molecule has 218 valence electrons.